The third-order valence-electron chi connectivity index (χ3n) is 2.84. The van der Waals surface area contributed by atoms with Crippen LogP contribution in [0.3, 0.4) is 0 Å². The van der Waals surface area contributed by atoms with E-state index in [4.69, 9.17) is 4.52 Å². The molecule has 1 amide bonds. The number of thioether (sulfide) groups is 1. The molecule has 1 aromatic heterocycles. The van der Waals surface area contributed by atoms with E-state index in [1.165, 1.54) is 12.1 Å². The Morgan fingerprint density at radius 1 is 1.43 bits per heavy atom. The molecule has 2 rings (SSSR count). The number of hydrogen-bond acceptors (Lipinski definition) is 5. The molecular formula is C14H16FN3O2S. The molecule has 0 fully saturated rings. The first-order valence-corrected chi connectivity index (χ1v) is 7.84. The summed E-state index contributed by atoms with van der Waals surface area (Å²) in [6, 6.07) is 6.16. The van der Waals surface area contributed by atoms with E-state index in [9.17, 15) is 9.18 Å². The first-order chi connectivity index (χ1) is 10.1. The Bertz CT molecular complexity index is 601. The van der Waals surface area contributed by atoms with E-state index in [0.29, 0.717) is 12.2 Å². The molecule has 5 nitrogen and oxygen atoms in total. The van der Waals surface area contributed by atoms with Gasteiger partial charge in [0.25, 0.3) is 0 Å². The highest BCUT2D eigenvalue weighted by atomic mass is 32.2. The molecule has 21 heavy (non-hydrogen) atoms. The Morgan fingerprint density at radius 3 is 2.81 bits per heavy atom. The minimum absolute atomic E-state index is 0.0880. The fraction of sp³-hybridized carbons (Fsp3) is 0.357. The number of aromatic nitrogens is 2. The summed E-state index contributed by atoms with van der Waals surface area (Å²) in [5, 5.41) is 6.38. The van der Waals surface area contributed by atoms with Crippen molar-refractivity contribution in [2.75, 3.05) is 17.3 Å². The van der Waals surface area contributed by atoms with Crippen molar-refractivity contribution in [1.82, 2.24) is 10.1 Å². The van der Waals surface area contributed by atoms with Crippen LogP contribution in [0.5, 0.6) is 0 Å². The largest absolute Gasteiger partial charge is 0.328 e. The fourth-order valence-corrected chi connectivity index (χ4v) is 2.37. The van der Waals surface area contributed by atoms with Crippen LogP contribution < -0.4 is 5.32 Å². The van der Waals surface area contributed by atoms with E-state index in [1.807, 2.05) is 13.2 Å². The molecular weight excluding hydrogens is 293 g/mol. The molecule has 1 heterocycles. The molecule has 112 valence electrons. The lowest BCUT2D eigenvalue weighted by Crippen LogP contribution is -2.22. The van der Waals surface area contributed by atoms with Gasteiger partial charge in [-0.15, -0.1) is 0 Å². The second kappa shape index (κ2) is 7.21. The van der Waals surface area contributed by atoms with Crippen molar-refractivity contribution in [1.29, 1.82) is 0 Å². The summed E-state index contributed by atoms with van der Waals surface area (Å²) in [7, 11) is 0. The van der Waals surface area contributed by atoms with Gasteiger partial charge in [0, 0.05) is 18.1 Å². The van der Waals surface area contributed by atoms with Crippen LogP contribution in [-0.4, -0.2) is 28.1 Å². The van der Waals surface area contributed by atoms with E-state index in [0.717, 1.165) is 11.3 Å². The van der Waals surface area contributed by atoms with Gasteiger partial charge in [-0.1, -0.05) is 24.2 Å². The van der Waals surface area contributed by atoms with Crippen molar-refractivity contribution in [3.8, 4) is 0 Å². The lowest BCUT2D eigenvalue weighted by Gasteiger charge is -2.06. The molecule has 1 aromatic carbocycles. The van der Waals surface area contributed by atoms with Gasteiger partial charge in [-0.05, 0) is 24.0 Å². The highest BCUT2D eigenvalue weighted by Crippen LogP contribution is 2.12. The Balaban J connectivity index is 1.95. The van der Waals surface area contributed by atoms with E-state index in [1.54, 1.807) is 23.9 Å². The van der Waals surface area contributed by atoms with Crippen LogP contribution in [0.1, 0.15) is 18.3 Å². The molecule has 0 radical (unpaired) electrons. The molecule has 0 saturated heterocycles. The average molecular weight is 309 g/mol. The van der Waals surface area contributed by atoms with Crippen molar-refractivity contribution in [2.24, 2.45) is 5.92 Å². The van der Waals surface area contributed by atoms with Gasteiger partial charge in [0.15, 0.2) is 5.82 Å². The summed E-state index contributed by atoms with van der Waals surface area (Å²) >= 11 is 1.60. The van der Waals surface area contributed by atoms with Gasteiger partial charge in [0.1, 0.15) is 5.82 Å². The van der Waals surface area contributed by atoms with Crippen molar-refractivity contribution in [3.63, 3.8) is 0 Å². The normalized spacial score (nSPS) is 12.1. The number of nitrogens with one attached hydrogen (secondary N) is 1. The Hall–Kier alpha value is -1.89. The van der Waals surface area contributed by atoms with Crippen LogP contribution in [0.25, 0.3) is 0 Å². The molecule has 7 heteroatoms. The first kappa shape index (κ1) is 15.5. The van der Waals surface area contributed by atoms with Gasteiger partial charge < -0.3 is 4.52 Å². The van der Waals surface area contributed by atoms with Gasteiger partial charge in [0.2, 0.25) is 5.91 Å². The Morgan fingerprint density at radius 2 is 2.14 bits per heavy atom. The van der Waals surface area contributed by atoms with Crippen molar-refractivity contribution in [2.45, 2.75) is 13.3 Å². The summed E-state index contributed by atoms with van der Waals surface area (Å²) < 4.78 is 17.8. The van der Waals surface area contributed by atoms with Crippen LogP contribution in [0.4, 0.5) is 10.4 Å². The summed E-state index contributed by atoms with van der Waals surface area (Å²) in [5.41, 5.74) is 0.867. The predicted molar refractivity (Wildman–Crippen MR) is 79.7 cm³/mol. The van der Waals surface area contributed by atoms with E-state index in [-0.39, 0.29) is 23.7 Å². The number of nitrogens with zero attached hydrogens (tertiary/aromatic N) is 2. The zero-order valence-electron chi connectivity index (χ0n) is 11.8. The molecule has 1 N–H and O–H groups in total. The molecule has 0 aliphatic carbocycles. The second-order valence-electron chi connectivity index (χ2n) is 4.66. The summed E-state index contributed by atoms with van der Waals surface area (Å²) in [6.45, 7) is 1.83. The average Bonchev–Trinajstić information content (AvgIpc) is 2.89. The number of hydrogen-bond donors (Lipinski definition) is 1. The van der Waals surface area contributed by atoms with Crippen molar-refractivity contribution < 1.29 is 13.7 Å². The third-order valence-corrected chi connectivity index (χ3v) is 3.67. The Labute approximate surface area is 126 Å². The number of benzene rings is 1. The molecule has 0 aliphatic rings. The van der Waals surface area contributed by atoms with Gasteiger partial charge in [-0.25, -0.2) is 4.39 Å². The second-order valence-corrected chi connectivity index (χ2v) is 5.58. The molecule has 1 atom stereocenters. The molecule has 2 aromatic rings. The number of amides is 1. The van der Waals surface area contributed by atoms with Gasteiger partial charge >= 0.3 is 6.01 Å². The monoisotopic (exact) mass is 309 g/mol. The van der Waals surface area contributed by atoms with Crippen LogP contribution >= 0.6 is 11.8 Å². The summed E-state index contributed by atoms with van der Waals surface area (Å²) in [4.78, 5) is 15.9. The summed E-state index contributed by atoms with van der Waals surface area (Å²) in [6.07, 6.45) is 2.36. The number of rotatable bonds is 6. The molecule has 0 aliphatic heterocycles. The topological polar surface area (TPSA) is 68.0 Å². The maximum atomic E-state index is 12.8. The third kappa shape index (κ3) is 4.56. The minimum Gasteiger partial charge on any atom is -0.315 e. The SMILES string of the molecule is CSCC(C)C(=O)Nc1nc(Cc2ccc(F)cc2)no1. The Kier molecular flexibility index (Phi) is 5.32. The van der Waals surface area contributed by atoms with E-state index < -0.39 is 0 Å². The van der Waals surface area contributed by atoms with Crippen molar-refractivity contribution >= 4 is 23.7 Å². The predicted octanol–water partition coefficient (Wildman–Crippen LogP) is 2.74. The zero-order chi connectivity index (χ0) is 15.2. The molecule has 1 unspecified atom stereocenters. The molecule has 0 spiro atoms. The van der Waals surface area contributed by atoms with Crippen molar-refractivity contribution in [3.05, 3.63) is 41.5 Å². The van der Waals surface area contributed by atoms with Gasteiger partial charge in [0.05, 0.1) is 0 Å². The van der Waals surface area contributed by atoms with E-state index >= 15 is 0 Å². The highest BCUT2D eigenvalue weighted by molar-refractivity contribution is 7.98. The maximum Gasteiger partial charge on any atom is 0.328 e. The van der Waals surface area contributed by atoms with Crippen LogP contribution in [0.2, 0.25) is 0 Å². The number of carbonyl (C=O) groups excluding carboxylic acids is 1. The number of halogens is 1. The lowest BCUT2D eigenvalue weighted by atomic mass is 10.1. The quantitative estimate of drug-likeness (QED) is 0.888. The van der Waals surface area contributed by atoms with Crippen LogP contribution in [0.15, 0.2) is 28.8 Å². The van der Waals surface area contributed by atoms with Gasteiger partial charge in [-0.3, -0.25) is 10.1 Å². The molecule has 0 bridgehead atoms. The van der Waals surface area contributed by atoms with Crippen LogP contribution in [-0.2, 0) is 11.2 Å². The fourth-order valence-electron chi connectivity index (χ4n) is 1.72. The number of carbonyl (C=O) groups is 1. The van der Waals surface area contributed by atoms with Crippen LogP contribution in [0, 0.1) is 11.7 Å². The highest BCUT2D eigenvalue weighted by Gasteiger charge is 2.15. The zero-order valence-corrected chi connectivity index (χ0v) is 12.6. The summed E-state index contributed by atoms with van der Waals surface area (Å²) in [5.74, 6) is 0.591. The lowest BCUT2D eigenvalue weighted by molar-refractivity contribution is -0.118. The smallest absolute Gasteiger partial charge is 0.315 e. The maximum absolute atomic E-state index is 12.8. The first-order valence-electron chi connectivity index (χ1n) is 6.45. The minimum atomic E-state index is -0.289. The van der Waals surface area contributed by atoms with E-state index in [2.05, 4.69) is 15.5 Å². The standard InChI is InChI=1S/C14H16FN3O2S/c1-9(8-21-2)13(19)17-14-16-12(18-20-14)7-10-3-5-11(15)6-4-10/h3-6,9H,7-8H2,1-2H3,(H,16,17,18,19). The molecule has 0 saturated carbocycles. The number of anilines is 1. The van der Waals surface area contributed by atoms with Gasteiger partial charge in [-0.2, -0.15) is 16.7 Å².